The van der Waals surface area contributed by atoms with E-state index in [1.165, 1.54) is 13.8 Å². The molecule has 0 saturated carbocycles. The molecule has 1 saturated heterocycles. The van der Waals surface area contributed by atoms with Gasteiger partial charge in [0.25, 0.3) is 5.70 Å². The second-order valence-corrected chi connectivity index (χ2v) is 17.4. The molecular weight excluding hydrogens is 829 g/mol. The zero-order valence-electron chi connectivity index (χ0n) is 28.9. The van der Waals surface area contributed by atoms with Gasteiger partial charge in [0.15, 0.2) is 17.7 Å². The van der Waals surface area contributed by atoms with Gasteiger partial charge in [-0.1, -0.05) is 25.6 Å². The van der Waals surface area contributed by atoms with E-state index in [1.54, 1.807) is 0 Å². The molecule has 31 heteroatoms. The molecule has 7 atom stereocenters. The van der Waals surface area contributed by atoms with Gasteiger partial charge in [-0.25, -0.2) is 28.6 Å². The van der Waals surface area contributed by atoms with Crippen molar-refractivity contribution in [2.24, 2.45) is 5.41 Å². The van der Waals surface area contributed by atoms with Crippen LogP contribution in [0.2, 0.25) is 0 Å². The van der Waals surface area contributed by atoms with Gasteiger partial charge in [-0.2, -0.15) is 4.31 Å². The molecule has 55 heavy (non-hydrogen) atoms. The maximum atomic E-state index is 12.6. The predicted molar refractivity (Wildman–Crippen MR) is 184 cm³/mol. The Labute approximate surface area is 314 Å². The van der Waals surface area contributed by atoms with Gasteiger partial charge in [-0.15, -0.1) is 0 Å². The minimum Gasteiger partial charge on any atom is -0.498 e. The van der Waals surface area contributed by atoms with Crippen LogP contribution in [0, 0.1) is 15.5 Å². The number of hydrogen-bond acceptors (Lipinski definition) is 20. The van der Waals surface area contributed by atoms with E-state index in [4.69, 9.17) is 19.5 Å². The van der Waals surface area contributed by atoms with Crippen molar-refractivity contribution < 1.29 is 85.7 Å². The van der Waals surface area contributed by atoms with Gasteiger partial charge in [0, 0.05) is 37.6 Å². The lowest BCUT2D eigenvalue weighted by atomic mass is 9.87. The van der Waals surface area contributed by atoms with Crippen LogP contribution < -0.4 is 16.4 Å². The molecule has 1 aliphatic rings. The predicted octanol–water partition coefficient (Wildman–Crippen LogP) is -0.838. The molecule has 0 radical (unpaired) electrons. The summed E-state index contributed by atoms with van der Waals surface area (Å²) in [5, 5.41) is 45.8. The standard InChI is InChI=1S/C24H39N8O19P3S/c1-12(32(38)39)23(37)55-7-6-26-14(33)4-5-27-21(36)18(35)24(2,3)9-48-54(45,46)51-53(43,44)47-8-13-17(50-52(40,41)42)16(34)22(49-13)31-11-30-15-19(25)28-10-29-20(15)31/h10-11,13,16-18,22,34-35,37H,4-9H2,1-3H3,(H,26,33)(H,27,36)(H,43,44)(H,45,46)(H2,25,28,29)(H2,40,41,42)/t13-,16-,17-,18+,22-/m1/s1. The SMILES string of the molecule is CC(=C(O)SCCNC(=O)CCNC(=O)[C@H](O)C(C)(C)COP(=O)(O)OP(=O)(O)OC[C@H]1O[C@@H](n2cnc3c(N)ncnc32)[C@H](O)[C@@H]1OP(=O)(O)O)[N+](=O)[O-]. The van der Waals surface area contributed by atoms with E-state index in [2.05, 4.69) is 34.4 Å². The largest absolute Gasteiger partial charge is 0.498 e. The molecule has 0 spiro atoms. The molecule has 0 aliphatic carbocycles. The van der Waals surface area contributed by atoms with Gasteiger partial charge >= 0.3 is 23.5 Å². The first-order valence-corrected chi connectivity index (χ1v) is 20.9. The maximum Gasteiger partial charge on any atom is 0.481 e. The second-order valence-electron chi connectivity index (χ2n) is 12.1. The third-order valence-corrected chi connectivity index (χ3v) is 11.4. The molecule has 310 valence electrons. The number of thioether (sulfide) groups is 1. The summed E-state index contributed by atoms with van der Waals surface area (Å²) in [6.07, 6.45) is -7.14. The number of fused-ring (bicyclic) bond motifs is 1. The van der Waals surface area contributed by atoms with Crippen LogP contribution in [0.25, 0.3) is 11.2 Å². The Balaban J connectivity index is 1.51. The molecule has 11 N–H and O–H groups in total. The first-order valence-electron chi connectivity index (χ1n) is 15.4. The highest BCUT2D eigenvalue weighted by Crippen LogP contribution is 2.61. The Bertz CT molecular complexity index is 1890. The number of allylic oxidation sites excluding steroid dienone is 1. The number of amides is 2. The summed E-state index contributed by atoms with van der Waals surface area (Å²) in [6, 6.07) is 0. The Morgan fingerprint density at radius 2 is 1.78 bits per heavy atom. The first kappa shape index (κ1) is 46.2. The topological polar surface area (TPSA) is 410 Å². The molecule has 2 amide bonds. The van der Waals surface area contributed by atoms with Crippen LogP contribution in [-0.2, 0) is 45.9 Å². The molecule has 27 nitrogen and oxygen atoms in total. The number of carbonyl (C=O) groups excluding carboxylic acids is 2. The van der Waals surface area contributed by atoms with E-state index >= 15 is 0 Å². The van der Waals surface area contributed by atoms with E-state index in [0.29, 0.717) is 0 Å². The number of aliphatic hydroxyl groups excluding tert-OH is 3. The molecule has 2 aromatic heterocycles. The fourth-order valence-corrected chi connectivity index (χ4v) is 7.97. The molecule has 0 bridgehead atoms. The van der Waals surface area contributed by atoms with Gasteiger partial charge in [-0.3, -0.25) is 37.8 Å². The fraction of sp³-hybridized carbons (Fsp3) is 0.625. The summed E-state index contributed by atoms with van der Waals surface area (Å²) in [5.41, 5.74) is 3.73. The minimum atomic E-state index is -5.59. The zero-order chi connectivity index (χ0) is 41.5. The van der Waals surface area contributed by atoms with Crippen LogP contribution in [0.15, 0.2) is 23.4 Å². The maximum absolute atomic E-state index is 12.6. The highest BCUT2D eigenvalue weighted by Gasteiger charge is 2.50. The molecule has 1 fully saturated rings. The van der Waals surface area contributed by atoms with E-state index in [-0.39, 0.29) is 42.2 Å². The lowest BCUT2D eigenvalue weighted by molar-refractivity contribution is -0.426. The van der Waals surface area contributed by atoms with Gasteiger partial charge < -0.3 is 56.0 Å². The van der Waals surface area contributed by atoms with Crippen molar-refractivity contribution in [3.8, 4) is 0 Å². The number of hydrogen-bond donors (Lipinski definition) is 10. The summed E-state index contributed by atoms with van der Waals surface area (Å²) in [4.78, 5) is 85.1. The lowest BCUT2D eigenvalue weighted by Gasteiger charge is -2.30. The Hall–Kier alpha value is -3.17. The summed E-state index contributed by atoms with van der Waals surface area (Å²) >= 11 is 0.739. The number of aliphatic hydroxyl groups is 3. The third kappa shape index (κ3) is 13.5. The van der Waals surface area contributed by atoms with Crippen molar-refractivity contribution >= 4 is 64.0 Å². The molecule has 2 unspecified atom stereocenters. The van der Waals surface area contributed by atoms with E-state index < -0.39 is 100 Å². The van der Waals surface area contributed by atoms with Gasteiger partial charge in [0.2, 0.25) is 16.9 Å². The molecule has 2 aromatic rings. The molecular formula is C24H39N8O19P3S. The minimum absolute atomic E-state index is 0.0175. The number of anilines is 1. The summed E-state index contributed by atoms with van der Waals surface area (Å²) in [7, 11) is -16.5. The number of aromatic nitrogens is 4. The second kappa shape index (κ2) is 18.8. The van der Waals surface area contributed by atoms with Gasteiger partial charge in [-0.05, 0) is 0 Å². The van der Waals surface area contributed by atoms with E-state index in [0.717, 1.165) is 35.9 Å². The van der Waals surface area contributed by atoms with Crippen molar-refractivity contribution in [2.45, 2.75) is 57.8 Å². The summed E-state index contributed by atoms with van der Waals surface area (Å²) in [5.74, 6) is -1.53. The number of phosphoric ester groups is 3. The van der Waals surface area contributed by atoms with Crippen LogP contribution in [0.1, 0.15) is 33.4 Å². The molecule has 1 aliphatic heterocycles. The number of nitrogen functional groups attached to an aromatic ring is 1. The fourth-order valence-electron chi connectivity index (χ4n) is 4.46. The number of rotatable bonds is 21. The molecule has 3 heterocycles. The number of nitro groups is 1. The number of carbonyl (C=O) groups is 2. The van der Waals surface area contributed by atoms with E-state index in [9.17, 15) is 68.3 Å². The van der Waals surface area contributed by atoms with Gasteiger partial charge in [0.05, 0.1) is 24.5 Å². The normalized spacial score (nSPS) is 22.3. The average Bonchev–Trinajstić information content (AvgIpc) is 3.64. The number of nitrogens with zero attached hydrogens (tertiary/aromatic N) is 5. The Morgan fingerprint density at radius 3 is 2.42 bits per heavy atom. The van der Waals surface area contributed by atoms with Crippen molar-refractivity contribution in [3.05, 3.63) is 33.6 Å². The summed E-state index contributed by atoms with van der Waals surface area (Å²) in [6.45, 7) is 1.22. The van der Waals surface area contributed by atoms with Crippen molar-refractivity contribution in [2.75, 3.05) is 37.8 Å². The van der Waals surface area contributed by atoms with Crippen LogP contribution in [0.3, 0.4) is 0 Å². The third-order valence-electron chi connectivity index (χ3n) is 7.32. The van der Waals surface area contributed by atoms with Crippen LogP contribution >= 0.6 is 35.2 Å². The van der Waals surface area contributed by atoms with Crippen molar-refractivity contribution in [1.82, 2.24) is 30.2 Å². The quantitative estimate of drug-likeness (QED) is 0.0240. The number of nitrogens with one attached hydrogen (secondary N) is 2. The lowest BCUT2D eigenvalue weighted by Crippen LogP contribution is -2.46. The number of nitrogens with two attached hydrogens (primary N) is 1. The Morgan fingerprint density at radius 1 is 1.13 bits per heavy atom. The van der Waals surface area contributed by atoms with Crippen LogP contribution in [-0.4, -0.2) is 128 Å². The Kier molecular flexibility index (Phi) is 15.8. The van der Waals surface area contributed by atoms with Crippen molar-refractivity contribution in [1.29, 1.82) is 0 Å². The van der Waals surface area contributed by atoms with Gasteiger partial charge in [0.1, 0.15) is 36.3 Å². The zero-order valence-corrected chi connectivity index (χ0v) is 32.4. The highest BCUT2D eigenvalue weighted by molar-refractivity contribution is 8.02. The molecule has 3 rings (SSSR count). The highest BCUT2D eigenvalue weighted by atomic mass is 32.2. The summed E-state index contributed by atoms with van der Waals surface area (Å²) < 4.78 is 61.9. The van der Waals surface area contributed by atoms with E-state index in [1.807, 2.05) is 0 Å². The number of imidazole rings is 1. The number of phosphoric acid groups is 3. The monoisotopic (exact) mass is 868 g/mol. The average molecular weight is 869 g/mol. The smallest absolute Gasteiger partial charge is 0.481 e. The number of ether oxygens (including phenoxy) is 1. The van der Waals surface area contributed by atoms with Crippen molar-refractivity contribution in [3.63, 3.8) is 0 Å². The first-order chi connectivity index (χ1) is 25.3. The van der Waals surface area contributed by atoms with Crippen LogP contribution in [0.5, 0.6) is 0 Å². The van der Waals surface area contributed by atoms with Crippen LogP contribution in [0.4, 0.5) is 5.82 Å². The molecule has 0 aromatic carbocycles.